The lowest BCUT2D eigenvalue weighted by Crippen LogP contribution is -2.70. The van der Waals surface area contributed by atoms with Gasteiger partial charge >= 0.3 is 59.4 Å². The molecule has 4 saturated heterocycles. The van der Waals surface area contributed by atoms with Gasteiger partial charge in [0.15, 0.2) is 43.5 Å². The molecular weight excluding hydrogens is 1160 g/mol. The molecule has 41 nitrogen and oxygen atoms in total. The quantitative estimate of drug-likeness (QED) is 0.0448. The highest BCUT2D eigenvalue weighted by Crippen LogP contribution is 2.37. The molecule has 0 saturated carbocycles. The van der Waals surface area contributed by atoms with Gasteiger partial charge in [-0.25, -0.2) is 26.9 Å². The first-order valence-corrected chi connectivity index (χ1v) is 26.5. The summed E-state index contributed by atoms with van der Waals surface area (Å²) in [5.41, 5.74) is 0. The molecule has 77 heavy (non-hydrogen) atoms. The second kappa shape index (κ2) is 25.0. The number of amides is 1. The first-order valence-electron chi connectivity index (χ1n) is 20.9. The fourth-order valence-corrected chi connectivity index (χ4v) is 9.59. The Morgan fingerprint density at radius 2 is 0.974 bits per heavy atom. The Hall–Kier alpha value is -3.74. The second-order valence-corrected chi connectivity index (χ2v) is 21.0. The summed E-state index contributed by atoms with van der Waals surface area (Å²) < 4.78 is 194. The molecule has 0 spiro atoms. The van der Waals surface area contributed by atoms with E-state index in [1.165, 1.54) is 4.72 Å². The minimum absolute atomic E-state index is 0.300. The summed E-state index contributed by atoms with van der Waals surface area (Å²) in [6.45, 7) is -2.35. The molecule has 0 bridgehead atoms. The van der Waals surface area contributed by atoms with Crippen LogP contribution in [-0.2, 0) is 116 Å². The zero-order valence-corrected chi connectivity index (χ0v) is 41.2. The summed E-state index contributed by atoms with van der Waals surface area (Å²) in [5, 5.41) is 119. The Kier molecular flexibility index (Phi) is 20.8. The number of hydrogen-bond acceptors (Lipinski definition) is 32. The van der Waals surface area contributed by atoms with Crippen molar-refractivity contribution in [3.8, 4) is 0 Å². The molecule has 4 fully saturated rings. The molecule has 23 unspecified atom stereocenters. The fraction of sp³-hybridized carbons (Fsp3) is 0.812. The van der Waals surface area contributed by atoms with Crippen LogP contribution in [0.3, 0.4) is 0 Å². The van der Waals surface area contributed by atoms with E-state index in [1.807, 2.05) is 0 Å². The van der Waals surface area contributed by atoms with Crippen molar-refractivity contribution in [1.82, 2.24) is 10.0 Å². The van der Waals surface area contributed by atoms with Crippen LogP contribution in [0.2, 0.25) is 0 Å². The third-order valence-corrected chi connectivity index (χ3v) is 13.0. The average molecular weight is 1210 g/mol. The van der Waals surface area contributed by atoms with Crippen LogP contribution < -0.4 is 10.0 Å². The van der Waals surface area contributed by atoms with Crippen LogP contribution in [0.4, 0.5) is 0 Å². The number of carboxylic acids is 3. The zero-order chi connectivity index (χ0) is 58.2. The van der Waals surface area contributed by atoms with E-state index in [1.54, 1.807) is 0 Å². The number of hydrogen-bond donors (Lipinski definition) is 17. The number of aliphatic carboxylic acids is 3. The summed E-state index contributed by atoms with van der Waals surface area (Å²) in [4.78, 5) is 48.9. The number of carbonyl (C=O) groups excluding carboxylic acids is 1. The van der Waals surface area contributed by atoms with E-state index in [0.717, 1.165) is 6.92 Å². The highest BCUT2D eigenvalue weighted by molar-refractivity contribution is 7.83. The molecular formula is C32H48N2O39S4. The summed E-state index contributed by atoms with van der Waals surface area (Å²) in [6.07, 6.45) is -53.1. The maximum absolute atomic E-state index is 12.8. The minimum atomic E-state index is -5.71. The van der Waals surface area contributed by atoms with Gasteiger partial charge in [-0.15, -0.1) is 0 Å². The lowest BCUT2D eigenvalue weighted by Gasteiger charge is -2.50. The molecule has 5 aliphatic heterocycles. The Labute approximate surface area is 429 Å². The molecule has 5 aliphatic rings. The van der Waals surface area contributed by atoms with Gasteiger partial charge < -0.3 is 104 Å². The van der Waals surface area contributed by atoms with E-state index in [2.05, 4.69) is 17.9 Å². The summed E-state index contributed by atoms with van der Waals surface area (Å²) >= 11 is 0. The summed E-state index contributed by atoms with van der Waals surface area (Å²) in [7, 11) is -22.5. The number of aliphatic hydroxyl groups is 8. The summed E-state index contributed by atoms with van der Waals surface area (Å²) in [6, 6.07) is -4.84. The van der Waals surface area contributed by atoms with Gasteiger partial charge in [-0.1, -0.05) is 0 Å². The molecule has 45 heteroatoms. The van der Waals surface area contributed by atoms with Crippen LogP contribution >= 0.6 is 0 Å². The van der Waals surface area contributed by atoms with Gasteiger partial charge in [-0.3, -0.25) is 23.0 Å². The molecule has 0 aromatic heterocycles. The molecule has 444 valence electrons. The van der Waals surface area contributed by atoms with Gasteiger partial charge in [0.2, 0.25) is 18.0 Å². The molecule has 0 aromatic carbocycles. The number of rotatable bonds is 22. The van der Waals surface area contributed by atoms with Crippen LogP contribution in [0.1, 0.15) is 6.92 Å². The lowest BCUT2D eigenvalue weighted by atomic mass is 9.94. The predicted molar refractivity (Wildman–Crippen MR) is 222 cm³/mol. The minimum Gasteiger partial charge on any atom is -0.479 e. The first kappa shape index (κ1) is 64.1. The molecule has 23 atom stereocenters. The Morgan fingerprint density at radius 1 is 0.532 bits per heavy atom. The monoisotopic (exact) mass is 1210 g/mol. The van der Waals surface area contributed by atoms with E-state index in [-0.39, 0.29) is 0 Å². The van der Waals surface area contributed by atoms with Crippen molar-refractivity contribution in [3.05, 3.63) is 11.8 Å². The molecule has 0 radical (unpaired) electrons. The molecule has 5 rings (SSSR count). The van der Waals surface area contributed by atoms with Crippen LogP contribution in [-0.4, -0.2) is 286 Å². The van der Waals surface area contributed by atoms with E-state index in [0.29, 0.717) is 6.08 Å². The van der Waals surface area contributed by atoms with Gasteiger partial charge in [0.1, 0.15) is 91.4 Å². The Balaban J connectivity index is 1.48. The average Bonchev–Trinajstić information content (AvgIpc) is 3.28. The number of nitrogens with one attached hydrogen (secondary N) is 2. The smallest absolute Gasteiger partial charge is 0.397 e. The largest absolute Gasteiger partial charge is 0.479 e. The third kappa shape index (κ3) is 16.7. The normalized spacial score (nSPS) is 40.4. The Bertz CT molecular complexity index is 2620. The van der Waals surface area contributed by atoms with E-state index in [4.69, 9.17) is 42.6 Å². The number of carboxylic acid groups (broad SMARTS) is 3. The van der Waals surface area contributed by atoms with Gasteiger partial charge in [0, 0.05) is 6.92 Å². The molecule has 0 aromatic rings. The van der Waals surface area contributed by atoms with Gasteiger partial charge in [0.05, 0.1) is 13.2 Å². The van der Waals surface area contributed by atoms with E-state index >= 15 is 0 Å². The van der Waals surface area contributed by atoms with Crippen molar-refractivity contribution in [2.75, 3.05) is 13.2 Å². The SMILES string of the molecule is CC(=O)NC1C(OC2C(C(=O)O)OC(O)C(O)C2O)OC(COS(=O)(=O)O)C(OC2OC(C(=O)O)C(OC3OC(COS(=O)(=O)O)C(OC4OC(C(=O)O)=CC(O)C4OS(=O)(=O)O)C(O)C3NS(=O)(=O)O)C(O)C2O)C1O. The predicted octanol–water partition coefficient (Wildman–Crippen LogP) is -11.5. The Morgan fingerprint density at radius 3 is 1.42 bits per heavy atom. The topological polar surface area (TPSA) is 643 Å². The van der Waals surface area contributed by atoms with Crippen molar-refractivity contribution in [2.45, 2.75) is 148 Å². The molecule has 5 heterocycles. The van der Waals surface area contributed by atoms with Crippen molar-refractivity contribution < 1.29 is 182 Å². The van der Waals surface area contributed by atoms with E-state index < -0.39 is 225 Å². The summed E-state index contributed by atoms with van der Waals surface area (Å²) in [5.74, 6) is -8.56. The zero-order valence-electron chi connectivity index (χ0n) is 37.9. The van der Waals surface area contributed by atoms with Crippen molar-refractivity contribution >= 4 is 65.3 Å². The standard InChI is InChI=1S/C32H48N2O39S4/c1-5(35)33-10-12(37)19(8(3-62-75(53,54)55)65-29(10)70-21-14(39)16(41)28(49)67-23(21)26(45)46)68-31-17(42)15(40)22(24(72-31)27(47)48)71-30-11(34-74(50,51)52)13(38)20(9(66-30)4-63-76(56,57)58)69-32-18(73-77(59,60)61)6(36)2-7(64-32)25(43)44/h2,6,8-24,28-32,34,36-42,49H,3-4H2,1H3,(H,33,35)(H,43,44)(H,45,46)(H,47,48)(H,50,51,52)(H,53,54,55)(H,56,57,58)(H,59,60,61). The van der Waals surface area contributed by atoms with Gasteiger partial charge in [-0.2, -0.15) is 38.4 Å². The first-order chi connectivity index (χ1) is 35.3. The van der Waals surface area contributed by atoms with Crippen LogP contribution in [0, 0.1) is 0 Å². The van der Waals surface area contributed by atoms with Crippen molar-refractivity contribution in [1.29, 1.82) is 0 Å². The van der Waals surface area contributed by atoms with Crippen LogP contribution in [0.25, 0.3) is 0 Å². The molecule has 1 amide bonds. The second-order valence-electron chi connectivity index (χ2n) is 16.6. The number of carbonyl (C=O) groups is 4. The van der Waals surface area contributed by atoms with E-state index in [9.17, 15) is 127 Å². The third-order valence-electron chi connectivity index (χ3n) is 11.1. The van der Waals surface area contributed by atoms with Crippen LogP contribution in [0.15, 0.2) is 11.8 Å². The van der Waals surface area contributed by atoms with Gasteiger partial charge in [0.25, 0.3) is 0 Å². The maximum Gasteiger partial charge on any atom is 0.397 e. The van der Waals surface area contributed by atoms with Crippen LogP contribution in [0.5, 0.6) is 0 Å². The number of ether oxygens (including phenoxy) is 9. The number of aliphatic hydroxyl groups excluding tert-OH is 8. The fourth-order valence-electron chi connectivity index (χ4n) is 7.90. The maximum atomic E-state index is 12.8. The highest BCUT2D eigenvalue weighted by Gasteiger charge is 2.59. The molecule has 17 N–H and O–H groups in total. The lowest BCUT2D eigenvalue weighted by molar-refractivity contribution is -0.372. The molecule has 0 aliphatic carbocycles. The van der Waals surface area contributed by atoms with Gasteiger partial charge in [-0.05, 0) is 6.08 Å². The van der Waals surface area contributed by atoms with Crippen molar-refractivity contribution in [2.24, 2.45) is 0 Å². The highest BCUT2D eigenvalue weighted by atomic mass is 32.3. The van der Waals surface area contributed by atoms with Crippen molar-refractivity contribution in [3.63, 3.8) is 0 Å².